The number of fused-ring (bicyclic) bond motifs is 1. The summed E-state index contributed by atoms with van der Waals surface area (Å²) in [6.45, 7) is 0.266. The molecule has 1 aromatic carbocycles. The number of hydrogen-bond donors (Lipinski definition) is 0. The highest BCUT2D eigenvalue weighted by Crippen LogP contribution is 2.31. The van der Waals surface area contributed by atoms with Gasteiger partial charge in [0.25, 0.3) is 11.7 Å². The number of ketones is 1. The van der Waals surface area contributed by atoms with Crippen molar-refractivity contribution >= 4 is 29.1 Å². The summed E-state index contributed by atoms with van der Waals surface area (Å²) in [7, 11) is 0. The van der Waals surface area contributed by atoms with Gasteiger partial charge in [-0.2, -0.15) is 11.8 Å². The van der Waals surface area contributed by atoms with Gasteiger partial charge in [0, 0.05) is 18.4 Å². The number of benzene rings is 1. The average molecular weight is 257 g/mol. The number of hydrogen-bond acceptors (Lipinski definition) is 3. The molecular weight excluding hydrogens is 248 g/mol. The van der Waals surface area contributed by atoms with Crippen LogP contribution >= 0.6 is 11.8 Å². The standard InChI is InChI=1S/C11H9F2NO2S/c1-17-3-2-14-8-5-6(12)4-7(13)9(8)10(15)11(14)16/h4-5H,2-3H2,1H3. The lowest BCUT2D eigenvalue weighted by Crippen LogP contribution is -2.31. The van der Waals surface area contributed by atoms with Crippen LogP contribution in [0.2, 0.25) is 0 Å². The van der Waals surface area contributed by atoms with Crippen LogP contribution in [0.3, 0.4) is 0 Å². The Morgan fingerprint density at radius 1 is 1.29 bits per heavy atom. The number of Topliss-reactive ketones (excluding diaryl/α,β-unsaturated/α-hetero) is 1. The van der Waals surface area contributed by atoms with Crippen LogP contribution in [0, 0.1) is 11.6 Å². The van der Waals surface area contributed by atoms with Gasteiger partial charge in [-0.15, -0.1) is 0 Å². The van der Waals surface area contributed by atoms with Crippen molar-refractivity contribution in [3.63, 3.8) is 0 Å². The molecule has 1 amide bonds. The van der Waals surface area contributed by atoms with Crippen molar-refractivity contribution in [3.05, 3.63) is 29.3 Å². The molecule has 6 heteroatoms. The number of carbonyl (C=O) groups is 2. The molecule has 1 aromatic rings. The zero-order valence-electron chi connectivity index (χ0n) is 9.00. The summed E-state index contributed by atoms with van der Waals surface area (Å²) in [6.07, 6.45) is 1.84. The molecule has 1 aliphatic heterocycles. The lowest BCUT2D eigenvalue weighted by molar-refractivity contribution is -0.114. The number of rotatable bonds is 3. The summed E-state index contributed by atoms with van der Waals surface area (Å²) < 4.78 is 26.5. The van der Waals surface area contributed by atoms with Crippen LogP contribution in [0.1, 0.15) is 10.4 Å². The first-order chi connectivity index (χ1) is 8.06. The predicted octanol–water partition coefficient (Wildman–Crippen LogP) is 1.86. The van der Waals surface area contributed by atoms with Gasteiger partial charge in [0.05, 0.1) is 11.3 Å². The quantitative estimate of drug-likeness (QED) is 0.776. The Kier molecular flexibility index (Phi) is 3.15. The molecule has 0 unspecified atom stereocenters. The minimum absolute atomic E-state index is 0.0338. The number of nitrogens with zero attached hydrogens (tertiary/aromatic N) is 1. The molecule has 2 rings (SSSR count). The zero-order chi connectivity index (χ0) is 12.6. The summed E-state index contributed by atoms with van der Waals surface area (Å²) in [6, 6.07) is 1.63. The third-order valence-electron chi connectivity index (χ3n) is 2.51. The monoisotopic (exact) mass is 257 g/mol. The second-order valence-corrected chi connectivity index (χ2v) is 4.55. The normalized spacial score (nSPS) is 14.4. The summed E-state index contributed by atoms with van der Waals surface area (Å²) >= 11 is 1.48. The highest BCUT2D eigenvalue weighted by molar-refractivity contribution is 7.98. The van der Waals surface area contributed by atoms with E-state index in [0.717, 1.165) is 11.0 Å². The third-order valence-corrected chi connectivity index (χ3v) is 3.10. The van der Waals surface area contributed by atoms with E-state index in [9.17, 15) is 18.4 Å². The molecule has 0 saturated heterocycles. The van der Waals surface area contributed by atoms with Gasteiger partial charge in [-0.05, 0) is 12.3 Å². The second-order valence-electron chi connectivity index (χ2n) is 3.56. The molecule has 0 fully saturated rings. The largest absolute Gasteiger partial charge is 0.304 e. The Bertz CT molecular complexity index is 504. The van der Waals surface area contributed by atoms with Crippen molar-refractivity contribution in [1.82, 2.24) is 0 Å². The van der Waals surface area contributed by atoms with Gasteiger partial charge in [0.15, 0.2) is 0 Å². The van der Waals surface area contributed by atoms with Gasteiger partial charge >= 0.3 is 0 Å². The van der Waals surface area contributed by atoms with E-state index in [2.05, 4.69) is 0 Å². The first kappa shape index (κ1) is 12.0. The second kappa shape index (κ2) is 4.44. The summed E-state index contributed by atoms with van der Waals surface area (Å²) in [5.74, 6) is -2.88. The molecule has 17 heavy (non-hydrogen) atoms. The number of amides is 1. The minimum atomic E-state index is -0.981. The maximum absolute atomic E-state index is 13.4. The third kappa shape index (κ3) is 1.93. The van der Waals surface area contributed by atoms with Crippen LogP contribution in [-0.4, -0.2) is 30.2 Å². The molecule has 0 aromatic heterocycles. The fourth-order valence-electron chi connectivity index (χ4n) is 1.74. The Morgan fingerprint density at radius 2 is 2.00 bits per heavy atom. The zero-order valence-corrected chi connectivity index (χ0v) is 9.81. The molecule has 0 bridgehead atoms. The van der Waals surface area contributed by atoms with Crippen LogP contribution in [-0.2, 0) is 4.79 Å². The van der Waals surface area contributed by atoms with E-state index in [-0.39, 0.29) is 17.8 Å². The molecular formula is C11H9F2NO2S. The molecule has 0 atom stereocenters. The molecule has 1 aliphatic rings. The van der Waals surface area contributed by atoms with Crippen molar-refractivity contribution in [3.8, 4) is 0 Å². The van der Waals surface area contributed by atoms with Crippen molar-refractivity contribution in [2.75, 3.05) is 23.5 Å². The summed E-state index contributed by atoms with van der Waals surface area (Å²) in [5.41, 5.74) is -0.288. The van der Waals surface area contributed by atoms with E-state index in [0.29, 0.717) is 11.8 Å². The van der Waals surface area contributed by atoms with Crippen LogP contribution in [0.25, 0.3) is 0 Å². The summed E-state index contributed by atoms with van der Waals surface area (Å²) in [5, 5.41) is 0. The summed E-state index contributed by atoms with van der Waals surface area (Å²) in [4.78, 5) is 24.3. The molecule has 0 spiro atoms. The van der Waals surface area contributed by atoms with Gasteiger partial charge in [-0.25, -0.2) is 8.78 Å². The number of halogens is 2. The van der Waals surface area contributed by atoms with E-state index in [4.69, 9.17) is 0 Å². The highest BCUT2D eigenvalue weighted by Gasteiger charge is 2.38. The minimum Gasteiger partial charge on any atom is -0.304 e. The van der Waals surface area contributed by atoms with Crippen LogP contribution < -0.4 is 4.90 Å². The van der Waals surface area contributed by atoms with Crippen molar-refractivity contribution < 1.29 is 18.4 Å². The van der Waals surface area contributed by atoms with Gasteiger partial charge in [-0.1, -0.05) is 0 Å². The lowest BCUT2D eigenvalue weighted by Gasteiger charge is -2.15. The average Bonchev–Trinajstić information content (AvgIpc) is 2.49. The van der Waals surface area contributed by atoms with Crippen molar-refractivity contribution in [2.24, 2.45) is 0 Å². The van der Waals surface area contributed by atoms with E-state index >= 15 is 0 Å². The van der Waals surface area contributed by atoms with Gasteiger partial charge in [-0.3, -0.25) is 9.59 Å². The van der Waals surface area contributed by atoms with E-state index < -0.39 is 23.3 Å². The molecule has 3 nitrogen and oxygen atoms in total. The Labute approximate surface area is 101 Å². The molecule has 0 radical (unpaired) electrons. The van der Waals surface area contributed by atoms with Crippen LogP contribution in [0.4, 0.5) is 14.5 Å². The SMILES string of the molecule is CSCCN1C(=O)C(=O)c2c(F)cc(F)cc21. The number of thioether (sulfide) groups is 1. The lowest BCUT2D eigenvalue weighted by atomic mass is 10.1. The number of carbonyl (C=O) groups excluding carboxylic acids is 2. The smallest absolute Gasteiger partial charge is 0.299 e. The van der Waals surface area contributed by atoms with Gasteiger partial charge < -0.3 is 4.90 Å². The highest BCUT2D eigenvalue weighted by atomic mass is 32.2. The first-order valence-corrected chi connectivity index (χ1v) is 6.30. The topological polar surface area (TPSA) is 37.4 Å². The molecule has 0 aliphatic carbocycles. The van der Waals surface area contributed by atoms with Crippen LogP contribution in [0.15, 0.2) is 12.1 Å². The van der Waals surface area contributed by atoms with E-state index in [1.54, 1.807) is 0 Å². The van der Waals surface area contributed by atoms with Crippen molar-refractivity contribution in [2.45, 2.75) is 0 Å². The maximum Gasteiger partial charge on any atom is 0.299 e. The van der Waals surface area contributed by atoms with Gasteiger partial charge in [0.2, 0.25) is 0 Å². The van der Waals surface area contributed by atoms with E-state index in [1.165, 1.54) is 11.8 Å². The first-order valence-electron chi connectivity index (χ1n) is 4.90. The van der Waals surface area contributed by atoms with Crippen LogP contribution in [0.5, 0.6) is 0 Å². The van der Waals surface area contributed by atoms with E-state index in [1.807, 2.05) is 6.26 Å². The Morgan fingerprint density at radius 3 is 2.65 bits per heavy atom. The molecule has 0 N–H and O–H groups in total. The predicted molar refractivity (Wildman–Crippen MR) is 61.4 cm³/mol. The fraction of sp³-hybridized carbons (Fsp3) is 0.273. The Hall–Kier alpha value is -1.43. The molecule has 90 valence electrons. The Balaban J connectivity index is 2.48. The van der Waals surface area contributed by atoms with Gasteiger partial charge in [0.1, 0.15) is 11.6 Å². The maximum atomic E-state index is 13.4. The molecule has 0 saturated carbocycles. The number of anilines is 1. The van der Waals surface area contributed by atoms with Crippen molar-refractivity contribution in [1.29, 1.82) is 0 Å². The fourth-order valence-corrected chi connectivity index (χ4v) is 2.11. The molecule has 1 heterocycles.